The molecular formula is C13H20BrNOS. The van der Waals surface area contributed by atoms with Crippen LogP contribution < -0.4 is 5.32 Å². The second kappa shape index (κ2) is 7.17. The van der Waals surface area contributed by atoms with Gasteiger partial charge in [0.1, 0.15) is 0 Å². The Morgan fingerprint density at radius 2 is 2.24 bits per heavy atom. The molecule has 96 valence electrons. The second-order valence-corrected chi connectivity index (χ2v) is 6.52. The van der Waals surface area contributed by atoms with Gasteiger partial charge in [-0.15, -0.1) is 11.3 Å². The van der Waals surface area contributed by atoms with E-state index in [1.165, 1.54) is 4.88 Å². The summed E-state index contributed by atoms with van der Waals surface area (Å²) in [6, 6.07) is 4.18. The predicted molar refractivity (Wildman–Crippen MR) is 78.0 cm³/mol. The van der Waals surface area contributed by atoms with Gasteiger partial charge < -0.3 is 5.32 Å². The summed E-state index contributed by atoms with van der Waals surface area (Å²) in [7, 11) is 0. The van der Waals surface area contributed by atoms with Crippen LogP contribution in [0.1, 0.15) is 38.0 Å². The normalized spacial score (nSPS) is 11.5. The Morgan fingerprint density at radius 3 is 2.82 bits per heavy atom. The molecule has 0 aromatic carbocycles. The number of hydrogen-bond donors (Lipinski definition) is 1. The summed E-state index contributed by atoms with van der Waals surface area (Å²) in [5.41, 5.74) is 0.0270. The highest BCUT2D eigenvalue weighted by Gasteiger charge is 2.22. The lowest BCUT2D eigenvalue weighted by atomic mass is 9.91. The van der Waals surface area contributed by atoms with Gasteiger partial charge in [-0.3, -0.25) is 4.79 Å². The molecule has 0 radical (unpaired) electrons. The number of thiophene rings is 1. The fourth-order valence-electron chi connectivity index (χ4n) is 1.54. The van der Waals surface area contributed by atoms with E-state index in [9.17, 15) is 4.79 Å². The minimum absolute atomic E-state index is 0.0270. The number of alkyl halides is 1. The van der Waals surface area contributed by atoms with Gasteiger partial charge in [0.2, 0.25) is 5.91 Å². The third-order valence-electron chi connectivity index (χ3n) is 2.70. The maximum Gasteiger partial charge on any atom is 0.220 e. The summed E-state index contributed by atoms with van der Waals surface area (Å²) in [6.07, 6.45) is 2.64. The summed E-state index contributed by atoms with van der Waals surface area (Å²) in [6.45, 7) is 5.04. The third kappa shape index (κ3) is 5.21. The molecule has 1 heterocycles. The molecule has 1 rings (SSSR count). The molecule has 1 amide bonds. The number of carbonyl (C=O) groups is 1. The van der Waals surface area contributed by atoms with Crippen molar-refractivity contribution in [2.45, 2.75) is 38.5 Å². The van der Waals surface area contributed by atoms with E-state index >= 15 is 0 Å². The van der Waals surface area contributed by atoms with Crippen LogP contribution in [0.15, 0.2) is 17.5 Å². The van der Waals surface area contributed by atoms with Crippen LogP contribution in [0.25, 0.3) is 0 Å². The molecule has 1 N–H and O–H groups in total. The zero-order chi connectivity index (χ0) is 12.7. The summed E-state index contributed by atoms with van der Waals surface area (Å²) in [4.78, 5) is 12.9. The van der Waals surface area contributed by atoms with Crippen molar-refractivity contribution in [2.75, 3.05) is 11.9 Å². The molecule has 2 nitrogen and oxygen atoms in total. The van der Waals surface area contributed by atoms with Gasteiger partial charge in [-0.05, 0) is 24.3 Å². The number of rotatable bonds is 7. The zero-order valence-corrected chi connectivity index (χ0v) is 12.9. The Kier molecular flexibility index (Phi) is 6.20. The molecule has 1 aromatic rings. The van der Waals surface area contributed by atoms with E-state index in [1.807, 2.05) is 0 Å². The van der Waals surface area contributed by atoms with E-state index in [1.54, 1.807) is 11.3 Å². The number of halogens is 1. The van der Waals surface area contributed by atoms with Crippen molar-refractivity contribution in [1.82, 2.24) is 5.32 Å². The standard InChI is InChI=1S/C13H20BrNOS/c1-13(2,11-6-5-9-17-11)10-15-12(16)7-3-4-8-14/h5-6,9H,3-4,7-8,10H2,1-2H3,(H,15,16). The Bertz CT molecular complexity index is 335. The molecule has 0 saturated carbocycles. The lowest BCUT2D eigenvalue weighted by Crippen LogP contribution is -2.36. The molecule has 0 atom stereocenters. The van der Waals surface area contributed by atoms with Crippen LogP contribution in [0, 0.1) is 0 Å². The van der Waals surface area contributed by atoms with Gasteiger partial charge in [-0.25, -0.2) is 0 Å². The monoisotopic (exact) mass is 317 g/mol. The first kappa shape index (κ1) is 14.7. The van der Waals surface area contributed by atoms with Crippen molar-refractivity contribution in [3.8, 4) is 0 Å². The van der Waals surface area contributed by atoms with E-state index in [2.05, 4.69) is 52.6 Å². The smallest absolute Gasteiger partial charge is 0.220 e. The van der Waals surface area contributed by atoms with Gasteiger partial charge in [-0.2, -0.15) is 0 Å². The van der Waals surface area contributed by atoms with E-state index in [-0.39, 0.29) is 11.3 Å². The number of hydrogen-bond acceptors (Lipinski definition) is 2. The lowest BCUT2D eigenvalue weighted by molar-refractivity contribution is -0.121. The topological polar surface area (TPSA) is 29.1 Å². The first-order valence-corrected chi connectivity index (χ1v) is 7.93. The summed E-state index contributed by atoms with van der Waals surface area (Å²) < 4.78 is 0. The Hall–Kier alpha value is -0.350. The molecule has 0 aliphatic carbocycles. The largest absolute Gasteiger partial charge is 0.355 e. The number of unbranched alkanes of at least 4 members (excludes halogenated alkanes) is 1. The molecule has 0 aliphatic rings. The predicted octanol–water partition coefficient (Wildman–Crippen LogP) is 3.71. The van der Waals surface area contributed by atoms with Crippen LogP contribution in [-0.2, 0) is 10.2 Å². The third-order valence-corrected chi connectivity index (χ3v) is 4.50. The Labute approximate surface area is 116 Å². The lowest BCUT2D eigenvalue weighted by Gasteiger charge is -2.23. The maximum absolute atomic E-state index is 11.6. The van der Waals surface area contributed by atoms with Crippen molar-refractivity contribution in [3.05, 3.63) is 22.4 Å². The van der Waals surface area contributed by atoms with Crippen molar-refractivity contribution in [3.63, 3.8) is 0 Å². The minimum atomic E-state index is 0.0270. The van der Waals surface area contributed by atoms with E-state index < -0.39 is 0 Å². The van der Waals surface area contributed by atoms with Crippen LogP contribution in [0.2, 0.25) is 0 Å². The number of carbonyl (C=O) groups excluding carboxylic acids is 1. The van der Waals surface area contributed by atoms with Gasteiger partial charge in [0.15, 0.2) is 0 Å². The van der Waals surface area contributed by atoms with Crippen LogP contribution in [-0.4, -0.2) is 17.8 Å². The van der Waals surface area contributed by atoms with Crippen LogP contribution in [0.4, 0.5) is 0 Å². The fraction of sp³-hybridized carbons (Fsp3) is 0.615. The second-order valence-electron chi connectivity index (χ2n) is 4.78. The van der Waals surface area contributed by atoms with E-state index in [4.69, 9.17) is 0 Å². The van der Waals surface area contributed by atoms with E-state index in [0.29, 0.717) is 13.0 Å². The number of amides is 1. The van der Waals surface area contributed by atoms with E-state index in [0.717, 1.165) is 18.2 Å². The molecule has 17 heavy (non-hydrogen) atoms. The average Bonchev–Trinajstić information content (AvgIpc) is 2.81. The van der Waals surface area contributed by atoms with Gasteiger partial charge in [0.05, 0.1) is 0 Å². The van der Waals surface area contributed by atoms with Gasteiger partial charge in [0.25, 0.3) is 0 Å². The molecule has 0 unspecified atom stereocenters. The Balaban J connectivity index is 2.32. The highest BCUT2D eigenvalue weighted by Crippen LogP contribution is 2.26. The Morgan fingerprint density at radius 1 is 1.47 bits per heavy atom. The highest BCUT2D eigenvalue weighted by molar-refractivity contribution is 9.09. The molecule has 1 aromatic heterocycles. The fourth-order valence-corrected chi connectivity index (χ4v) is 2.79. The van der Waals surface area contributed by atoms with Gasteiger partial charge in [-0.1, -0.05) is 35.8 Å². The van der Waals surface area contributed by atoms with Gasteiger partial charge in [0, 0.05) is 28.6 Å². The highest BCUT2D eigenvalue weighted by atomic mass is 79.9. The van der Waals surface area contributed by atoms with Crippen LogP contribution >= 0.6 is 27.3 Å². The first-order valence-electron chi connectivity index (χ1n) is 5.93. The first-order chi connectivity index (χ1) is 8.06. The van der Waals surface area contributed by atoms with Crippen molar-refractivity contribution >= 4 is 33.2 Å². The molecule has 4 heteroatoms. The summed E-state index contributed by atoms with van der Waals surface area (Å²) in [5.74, 6) is 0.163. The minimum Gasteiger partial charge on any atom is -0.355 e. The van der Waals surface area contributed by atoms with Gasteiger partial charge >= 0.3 is 0 Å². The molecular weight excluding hydrogens is 298 g/mol. The summed E-state index contributed by atoms with van der Waals surface area (Å²) >= 11 is 5.11. The molecule has 0 saturated heterocycles. The molecule has 0 fully saturated rings. The zero-order valence-electron chi connectivity index (χ0n) is 10.5. The van der Waals surface area contributed by atoms with Crippen LogP contribution in [0.3, 0.4) is 0 Å². The maximum atomic E-state index is 11.6. The van der Waals surface area contributed by atoms with Crippen molar-refractivity contribution in [2.24, 2.45) is 0 Å². The molecule has 0 spiro atoms. The molecule has 0 aliphatic heterocycles. The van der Waals surface area contributed by atoms with Crippen molar-refractivity contribution < 1.29 is 4.79 Å². The quantitative estimate of drug-likeness (QED) is 0.603. The summed E-state index contributed by atoms with van der Waals surface area (Å²) in [5, 5.41) is 6.07. The SMILES string of the molecule is CC(C)(CNC(=O)CCCCBr)c1cccs1. The van der Waals surface area contributed by atoms with Crippen molar-refractivity contribution in [1.29, 1.82) is 0 Å². The van der Waals surface area contributed by atoms with Crippen LogP contribution in [0.5, 0.6) is 0 Å². The molecule has 0 bridgehead atoms. The average molecular weight is 318 g/mol. The number of nitrogens with one attached hydrogen (secondary N) is 1.